The molecular weight excluding hydrogens is 420 g/mol. The van der Waals surface area contributed by atoms with Crippen molar-refractivity contribution in [2.24, 2.45) is 5.10 Å². The van der Waals surface area contributed by atoms with Crippen LogP contribution in [0.25, 0.3) is 0 Å². The number of anilines is 1. The molecule has 3 aromatic rings. The summed E-state index contributed by atoms with van der Waals surface area (Å²) < 4.78 is 7.00. The van der Waals surface area contributed by atoms with E-state index in [0.29, 0.717) is 17.3 Å². The maximum absolute atomic E-state index is 12.7. The first-order valence-corrected chi connectivity index (χ1v) is 10.5. The van der Waals surface area contributed by atoms with Gasteiger partial charge in [-0.05, 0) is 35.2 Å². The van der Waals surface area contributed by atoms with Crippen molar-refractivity contribution in [3.63, 3.8) is 0 Å². The Morgan fingerprint density at radius 2 is 2.03 bits per heavy atom. The highest BCUT2D eigenvalue weighted by Crippen LogP contribution is 2.28. The first-order chi connectivity index (χ1) is 16.0. The Labute approximate surface area is 189 Å². The van der Waals surface area contributed by atoms with Crippen LogP contribution in [0.15, 0.2) is 60.0 Å². The topological polar surface area (TPSA) is 109 Å². The number of hydrogen-bond acceptors (Lipinski definition) is 6. The van der Waals surface area contributed by atoms with Gasteiger partial charge in [0, 0.05) is 6.54 Å². The molecular formula is C24H21N6O3+. The van der Waals surface area contributed by atoms with E-state index in [1.165, 1.54) is 11.9 Å². The number of aryl methyl sites for hydroxylation is 1. The molecule has 5 rings (SSSR count). The van der Waals surface area contributed by atoms with Crippen LogP contribution in [0.2, 0.25) is 0 Å². The fraction of sp³-hybridized carbons (Fsp3) is 0.167. The van der Waals surface area contributed by atoms with Crippen LogP contribution in [-0.2, 0) is 11.3 Å². The second-order valence-electron chi connectivity index (χ2n) is 7.81. The molecule has 0 saturated heterocycles. The van der Waals surface area contributed by atoms with Gasteiger partial charge in [-0.3, -0.25) is 9.59 Å². The molecule has 0 fully saturated rings. The number of carbonyl (C=O) groups is 2. The van der Waals surface area contributed by atoms with E-state index in [1.54, 1.807) is 22.9 Å². The Bertz CT molecular complexity index is 1300. The standard InChI is InChI=1S/C24H20N6O3/c1-15-2-5-17(6-3-15)18-11-28-30(12-18)22-9-20(26-14-27-22)24(32)25-10-16-4-7-21-19(8-16)29-23(31)13-33-21/h2-9,11-12,14,18H,10,13H2,1H3,(H-,25,29,31,32)/p+1. The quantitative estimate of drug-likeness (QED) is 0.592. The minimum atomic E-state index is -0.338. The van der Waals surface area contributed by atoms with E-state index in [9.17, 15) is 9.59 Å². The first kappa shape index (κ1) is 20.5. The molecule has 3 heterocycles. The summed E-state index contributed by atoms with van der Waals surface area (Å²) in [5.41, 5.74) is 3.97. The molecule has 2 aliphatic rings. The predicted octanol–water partition coefficient (Wildman–Crippen LogP) is 2.54. The summed E-state index contributed by atoms with van der Waals surface area (Å²) in [5.74, 6) is 0.607. The van der Waals surface area contributed by atoms with Crippen LogP contribution in [0.4, 0.5) is 11.5 Å². The van der Waals surface area contributed by atoms with Crippen LogP contribution in [0.1, 0.15) is 33.1 Å². The van der Waals surface area contributed by atoms with Gasteiger partial charge < -0.3 is 15.4 Å². The largest absolute Gasteiger partial charge is 0.482 e. The molecule has 0 spiro atoms. The van der Waals surface area contributed by atoms with Gasteiger partial charge in [0.25, 0.3) is 11.8 Å². The number of nitrogens with zero attached hydrogens (tertiary/aromatic N) is 4. The van der Waals surface area contributed by atoms with Crippen molar-refractivity contribution in [1.82, 2.24) is 15.3 Å². The lowest BCUT2D eigenvalue weighted by Crippen LogP contribution is -2.26. The van der Waals surface area contributed by atoms with Crippen molar-refractivity contribution >= 4 is 35.7 Å². The van der Waals surface area contributed by atoms with Crippen LogP contribution in [-0.4, -0.2) is 45.5 Å². The van der Waals surface area contributed by atoms with Crippen molar-refractivity contribution in [2.75, 3.05) is 11.9 Å². The molecule has 0 bridgehead atoms. The number of amides is 2. The van der Waals surface area contributed by atoms with Crippen molar-refractivity contribution in [3.8, 4) is 5.75 Å². The summed E-state index contributed by atoms with van der Waals surface area (Å²) >= 11 is 0. The zero-order chi connectivity index (χ0) is 22.8. The number of aromatic nitrogens is 2. The maximum atomic E-state index is 12.7. The van der Waals surface area contributed by atoms with E-state index in [0.717, 1.165) is 11.1 Å². The SMILES string of the molecule is Cc1ccc(C2C=N[N+](c3cc(C(=O)NCc4ccc5c(c4)NC(=O)CO5)ncn3)=C2)cc1. The molecule has 2 aliphatic heterocycles. The molecule has 0 radical (unpaired) electrons. The van der Waals surface area contributed by atoms with Crippen molar-refractivity contribution < 1.29 is 19.0 Å². The third-order valence-electron chi connectivity index (χ3n) is 5.37. The summed E-state index contributed by atoms with van der Waals surface area (Å²) in [6.45, 7) is 2.32. The summed E-state index contributed by atoms with van der Waals surface area (Å²) in [6, 6.07) is 15.3. The smallest absolute Gasteiger partial charge is 0.352 e. The van der Waals surface area contributed by atoms with Gasteiger partial charge in [-0.1, -0.05) is 41.0 Å². The molecule has 9 heteroatoms. The molecule has 2 amide bonds. The third kappa shape index (κ3) is 4.47. The van der Waals surface area contributed by atoms with E-state index < -0.39 is 0 Å². The number of nitrogens with one attached hydrogen (secondary N) is 2. The highest BCUT2D eigenvalue weighted by Gasteiger charge is 2.22. The number of fused-ring (bicyclic) bond motifs is 1. The fourth-order valence-electron chi connectivity index (χ4n) is 3.58. The number of benzene rings is 2. The molecule has 1 atom stereocenters. The fourth-order valence-corrected chi connectivity index (χ4v) is 3.58. The Hall–Kier alpha value is -4.40. The lowest BCUT2D eigenvalue weighted by molar-refractivity contribution is -0.441. The number of ether oxygens (including phenoxy) is 1. The number of hydrazone groups is 1. The Kier molecular flexibility index (Phi) is 5.35. The average molecular weight is 441 g/mol. The summed E-state index contributed by atoms with van der Waals surface area (Å²) in [7, 11) is 0. The zero-order valence-corrected chi connectivity index (χ0v) is 17.9. The lowest BCUT2D eigenvalue weighted by Gasteiger charge is -2.18. The molecule has 9 nitrogen and oxygen atoms in total. The van der Waals surface area contributed by atoms with Gasteiger partial charge in [0.2, 0.25) is 6.33 Å². The number of hydrogen-bond donors (Lipinski definition) is 2. The van der Waals surface area contributed by atoms with Gasteiger partial charge in [-0.15, -0.1) is 4.68 Å². The van der Waals surface area contributed by atoms with Crippen molar-refractivity contribution in [2.45, 2.75) is 19.4 Å². The Morgan fingerprint density at radius 1 is 1.18 bits per heavy atom. The van der Waals surface area contributed by atoms with Gasteiger partial charge in [-0.25, -0.2) is 4.98 Å². The molecule has 33 heavy (non-hydrogen) atoms. The lowest BCUT2D eigenvalue weighted by atomic mass is 10.0. The molecule has 0 saturated carbocycles. The van der Waals surface area contributed by atoms with Gasteiger partial charge >= 0.3 is 5.82 Å². The molecule has 164 valence electrons. The van der Waals surface area contributed by atoms with Crippen LogP contribution >= 0.6 is 0 Å². The minimum Gasteiger partial charge on any atom is -0.482 e. The zero-order valence-electron chi connectivity index (χ0n) is 17.9. The molecule has 0 aliphatic carbocycles. The Balaban J connectivity index is 1.26. The summed E-state index contributed by atoms with van der Waals surface area (Å²) in [5, 5.41) is 10.0. The van der Waals surface area contributed by atoms with Gasteiger partial charge in [-0.2, -0.15) is 0 Å². The van der Waals surface area contributed by atoms with E-state index >= 15 is 0 Å². The highest BCUT2D eigenvalue weighted by atomic mass is 16.5. The predicted molar refractivity (Wildman–Crippen MR) is 122 cm³/mol. The van der Waals surface area contributed by atoms with Crippen LogP contribution in [0, 0.1) is 6.92 Å². The Morgan fingerprint density at radius 3 is 2.88 bits per heavy atom. The van der Waals surface area contributed by atoms with E-state index in [4.69, 9.17) is 4.74 Å². The van der Waals surface area contributed by atoms with E-state index in [-0.39, 0.29) is 36.6 Å². The summed E-state index contributed by atoms with van der Waals surface area (Å²) in [4.78, 5) is 32.5. The van der Waals surface area contributed by atoms with Crippen molar-refractivity contribution in [1.29, 1.82) is 0 Å². The second-order valence-corrected chi connectivity index (χ2v) is 7.81. The van der Waals surface area contributed by atoms with Crippen LogP contribution in [0.3, 0.4) is 0 Å². The van der Waals surface area contributed by atoms with Gasteiger partial charge in [0.05, 0.1) is 23.9 Å². The van der Waals surface area contributed by atoms with Gasteiger partial charge in [0.1, 0.15) is 17.7 Å². The molecule has 2 N–H and O–H groups in total. The monoisotopic (exact) mass is 441 g/mol. The van der Waals surface area contributed by atoms with Crippen molar-refractivity contribution in [3.05, 3.63) is 77.2 Å². The number of rotatable bonds is 5. The first-order valence-electron chi connectivity index (χ1n) is 10.5. The second kappa shape index (κ2) is 8.62. The minimum absolute atomic E-state index is 0.00336. The molecule has 2 aromatic carbocycles. The normalized spacial score (nSPS) is 16.5. The summed E-state index contributed by atoms with van der Waals surface area (Å²) in [6.07, 6.45) is 5.13. The number of carbonyl (C=O) groups excluding carboxylic acids is 2. The average Bonchev–Trinajstić information content (AvgIpc) is 3.33. The van der Waals surface area contributed by atoms with E-state index in [1.807, 2.05) is 25.4 Å². The molecule has 1 unspecified atom stereocenters. The van der Waals surface area contributed by atoms with Crippen LogP contribution < -0.4 is 15.4 Å². The van der Waals surface area contributed by atoms with Crippen LogP contribution in [0.5, 0.6) is 5.75 Å². The highest BCUT2D eigenvalue weighted by molar-refractivity contribution is 5.95. The molecule has 1 aromatic heterocycles. The maximum Gasteiger partial charge on any atom is 0.352 e. The third-order valence-corrected chi connectivity index (χ3v) is 5.37. The van der Waals surface area contributed by atoms with Gasteiger partial charge in [0.15, 0.2) is 6.61 Å². The van der Waals surface area contributed by atoms with E-state index in [2.05, 4.69) is 50.0 Å².